The number of azo groups is 1. The van der Waals surface area contributed by atoms with Crippen molar-refractivity contribution < 1.29 is 0 Å². The lowest BCUT2D eigenvalue weighted by molar-refractivity contribution is 0.711. The van der Waals surface area contributed by atoms with E-state index in [1.54, 1.807) is 0 Å². The van der Waals surface area contributed by atoms with Crippen LogP contribution in [0.3, 0.4) is 0 Å². The van der Waals surface area contributed by atoms with Gasteiger partial charge in [0.15, 0.2) is 0 Å². The van der Waals surface area contributed by atoms with E-state index >= 15 is 0 Å². The number of nitrogens with two attached hydrogens (primary N) is 2. The molecule has 0 atom stereocenters. The van der Waals surface area contributed by atoms with E-state index in [4.69, 9.17) is 22.3 Å². The third-order valence-electron chi connectivity index (χ3n) is 2.88. The Hall–Kier alpha value is -1.46. The van der Waals surface area contributed by atoms with Crippen molar-refractivity contribution in [3.05, 3.63) is 0 Å². The predicted molar refractivity (Wildman–Crippen MR) is 52.6 cm³/mol. The topological polar surface area (TPSA) is 124 Å². The first-order chi connectivity index (χ1) is 6.51. The van der Waals surface area contributed by atoms with Crippen LogP contribution in [0.5, 0.6) is 0 Å². The van der Waals surface area contributed by atoms with E-state index in [0.717, 1.165) is 25.7 Å². The lowest BCUT2D eigenvalue weighted by Gasteiger charge is -2.09. The van der Waals surface area contributed by atoms with Gasteiger partial charge in [0.1, 0.15) is 22.7 Å². The molecule has 0 bridgehead atoms. The molecule has 2 rings (SSSR count). The average Bonchev–Trinajstić information content (AvgIpc) is 2.99. The Kier molecular flexibility index (Phi) is 1.64. The molecule has 14 heavy (non-hydrogen) atoms. The molecule has 0 amide bonds. The molecular weight excluding hydrogens is 180 g/mol. The van der Waals surface area contributed by atoms with Crippen LogP contribution in [0.2, 0.25) is 0 Å². The molecule has 0 radical (unpaired) electrons. The number of nitrogens with zero attached hydrogens (tertiary/aromatic N) is 2. The maximum atomic E-state index is 7.33. The Bertz CT molecular complexity index is 291. The highest BCUT2D eigenvalue weighted by atomic mass is 15.3. The van der Waals surface area contributed by atoms with E-state index < -0.39 is 11.1 Å². The van der Waals surface area contributed by atoms with Gasteiger partial charge in [-0.05, 0) is 25.7 Å². The van der Waals surface area contributed by atoms with Gasteiger partial charge in [0, 0.05) is 0 Å². The minimum absolute atomic E-state index is 0.0700. The van der Waals surface area contributed by atoms with Crippen LogP contribution >= 0.6 is 0 Å². The lowest BCUT2D eigenvalue weighted by Crippen LogP contribution is -2.30. The summed E-state index contributed by atoms with van der Waals surface area (Å²) >= 11 is 0. The molecule has 2 fully saturated rings. The van der Waals surface area contributed by atoms with Crippen molar-refractivity contribution in [3.63, 3.8) is 0 Å². The molecule has 0 unspecified atom stereocenters. The van der Waals surface area contributed by atoms with Crippen LogP contribution in [0.1, 0.15) is 25.7 Å². The van der Waals surface area contributed by atoms with Gasteiger partial charge in [-0.1, -0.05) is 0 Å². The van der Waals surface area contributed by atoms with E-state index in [1.807, 2.05) is 0 Å². The first kappa shape index (κ1) is 9.11. The molecule has 2 aliphatic rings. The standard InChI is InChI=1S/C8H14N6/c9-5(10)7(1-2-7)13-14-8(3-4-8)6(11)12/h1-4H2,(H3,9,10)(H3,11,12). The summed E-state index contributed by atoms with van der Waals surface area (Å²) in [7, 11) is 0. The van der Waals surface area contributed by atoms with Crippen LogP contribution in [0.15, 0.2) is 10.2 Å². The van der Waals surface area contributed by atoms with E-state index in [9.17, 15) is 0 Å². The second kappa shape index (κ2) is 2.52. The second-order valence-electron chi connectivity index (χ2n) is 4.09. The summed E-state index contributed by atoms with van der Waals surface area (Å²) in [5.74, 6) is 0.140. The van der Waals surface area contributed by atoms with Gasteiger partial charge in [0.25, 0.3) is 0 Å². The molecular formula is C8H14N6. The van der Waals surface area contributed by atoms with Gasteiger partial charge < -0.3 is 11.5 Å². The number of hydrogen-bond acceptors (Lipinski definition) is 4. The van der Waals surface area contributed by atoms with Crippen LogP contribution in [0, 0.1) is 10.8 Å². The summed E-state index contributed by atoms with van der Waals surface area (Å²) in [5.41, 5.74) is 9.71. The Labute approximate surface area is 81.8 Å². The second-order valence-corrected chi connectivity index (χ2v) is 4.09. The third kappa shape index (κ3) is 1.26. The quantitative estimate of drug-likeness (QED) is 0.293. The molecule has 0 heterocycles. The smallest absolute Gasteiger partial charge is 0.138 e. The van der Waals surface area contributed by atoms with E-state index in [0.29, 0.717) is 0 Å². The number of hydrogen-bond donors (Lipinski definition) is 4. The molecule has 76 valence electrons. The van der Waals surface area contributed by atoms with Crippen molar-refractivity contribution >= 4 is 11.7 Å². The third-order valence-corrected chi connectivity index (χ3v) is 2.88. The zero-order valence-electron chi connectivity index (χ0n) is 7.88. The normalized spacial score (nSPS) is 26.0. The van der Waals surface area contributed by atoms with Gasteiger partial charge in [-0.2, -0.15) is 10.2 Å². The fraction of sp³-hybridized carbons (Fsp3) is 0.750. The van der Waals surface area contributed by atoms with Crippen molar-refractivity contribution in [1.82, 2.24) is 0 Å². The molecule has 0 spiro atoms. The molecule has 6 heteroatoms. The summed E-state index contributed by atoms with van der Waals surface area (Å²) < 4.78 is 0. The average molecular weight is 194 g/mol. The maximum Gasteiger partial charge on any atom is 0.138 e. The molecule has 0 aromatic carbocycles. The van der Waals surface area contributed by atoms with E-state index in [2.05, 4.69) is 10.2 Å². The maximum absolute atomic E-state index is 7.33. The molecule has 2 aliphatic carbocycles. The van der Waals surface area contributed by atoms with Crippen LogP contribution in [0.25, 0.3) is 0 Å². The number of rotatable bonds is 4. The Balaban J connectivity index is 2.08. The molecule has 6 N–H and O–H groups in total. The van der Waals surface area contributed by atoms with E-state index in [-0.39, 0.29) is 11.7 Å². The molecule has 0 aliphatic heterocycles. The molecule has 6 nitrogen and oxygen atoms in total. The van der Waals surface area contributed by atoms with Crippen LogP contribution in [-0.4, -0.2) is 22.7 Å². The molecule has 2 saturated carbocycles. The van der Waals surface area contributed by atoms with Crippen molar-refractivity contribution in [1.29, 1.82) is 10.8 Å². The molecule has 0 aromatic rings. The summed E-state index contributed by atoms with van der Waals surface area (Å²) in [6.07, 6.45) is 3.17. The van der Waals surface area contributed by atoms with Crippen LogP contribution in [0.4, 0.5) is 0 Å². The van der Waals surface area contributed by atoms with Gasteiger partial charge in [0.2, 0.25) is 0 Å². The highest BCUT2D eigenvalue weighted by Gasteiger charge is 2.51. The summed E-state index contributed by atoms with van der Waals surface area (Å²) in [6.45, 7) is 0. The van der Waals surface area contributed by atoms with Gasteiger partial charge in [-0.25, -0.2) is 0 Å². The number of amidine groups is 2. The van der Waals surface area contributed by atoms with Gasteiger partial charge in [0.05, 0.1) is 0 Å². The first-order valence-electron chi connectivity index (χ1n) is 4.64. The Morgan fingerprint density at radius 3 is 1.29 bits per heavy atom. The first-order valence-corrected chi connectivity index (χ1v) is 4.64. The lowest BCUT2D eigenvalue weighted by atomic mass is 10.2. The zero-order valence-corrected chi connectivity index (χ0v) is 7.88. The monoisotopic (exact) mass is 194 g/mol. The van der Waals surface area contributed by atoms with Crippen molar-refractivity contribution in [2.75, 3.05) is 0 Å². The predicted octanol–water partition coefficient (Wildman–Crippen LogP) is 0.376. The number of nitrogens with one attached hydrogen (secondary N) is 2. The minimum atomic E-state index is -0.551. The Morgan fingerprint density at radius 1 is 0.857 bits per heavy atom. The van der Waals surface area contributed by atoms with Crippen LogP contribution in [-0.2, 0) is 0 Å². The van der Waals surface area contributed by atoms with Gasteiger partial charge in [-0.15, -0.1) is 0 Å². The van der Waals surface area contributed by atoms with Crippen molar-refractivity contribution in [3.8, 4) is 0 Å². The summed E-state index contributed by atoms with van der Waals surface area (Å²) in [4.78, 5) is 0. The fourth-order valence-corrected chi connectivity index (χ4v) is 1.27. The molecule has 0 saturated heterocycles. The van der Waals surface area contributed by atoms with E-state index in [1.165, 1.54) is 0 Å². The fourth-order valence-electron chi connectivity index (χ4n) is 1.27. The largest absolute Gasteiger partial charge is 0.386 e. The van der Waals surface area contributed by atoms with Crippen molar-refractivity contribution in [2.24, 2.45) is 21.7 Å². The minimum Gasteiger partial charge on any atom is -0.386 e. The Morgan fingerprint density at radius 2 is 1.14 bits per heavy atom. The summed E-state index contributed by atoms with van der Waals surface area (Å²) in [5, 5.41) is 22.8. The van der Waals surface area contributed by atoms with Gasteiger partial charge in [-0.3, -0.25) is 10.8 Å². The van der Waals surface area contributed by atoms with Crippen molar-refractivity contribution in [2.45, 2.75) is 36.8 Å². The molecule has 0 aromatic heterocycles. The van der Waals surface area contributed by atoms with Crippen LogP contribution < -0.4 is 11.5 Å². The van der Waals surface area contributed by atoms with Gasteiger partial charge >= 0.3 is 0 Å². The SMILES string of the molecule is N=C(N)C1(N=NC2(C(=N)N)CC2)CC1. The highest BCUT2D eigenvalue weighted by Crippen LogP contribution is 2.45. The summed E-state index contributed by atoms with van der Waals surface area (Å²) in [6, 6.07) is 0. The zero-order chi connectivity index (χ0) is 10.4. The highest BCUT2D eigenvalue weighted by molar-refractivity contribution is 5.91.